The van der Waals surface area contributed by atoms with Crippen molar-refractivity contribution in [3.63, 3.8) is 0 Å². The highest BCUT2D eigenvalue weighted by atomic mass is 79.9. The Balaban J connectivity index is 2.05. The van der Waals surface area contributed by atoms with E-state index in [-0.39, 0.29) is 17.0 Å². The fourth-order valence-corrected chi connectivity index (χ4v) is 5.65. The molecule has 0 aliphatic rings. The van der Waals surface area contributed by atoms with Gasteiger partial charge in [0.2, 0.25) is 0 Å². The Kier molecular flexibility index (Phi) is 11.2. The molecule has 0 aliphatic carbocycles. The summed E-state index contributed by atoms with van der Waals surface area (Å²) in [4.78, 5) is 16.1. The number of aliphatic hydroxyl groups is 1. The van der Waals surface area contributed by atoms with Crippen molar-refractivity contribution in [3.05, 3.63) is 57.3 Å². The van der Waals surface area contributed by atoms with Crippen LogP contribution in [0.3, 0.4) is 0 Å². The van der Waals surface area contributed by atoms with Crippen molar-refractivity contribution in [1.29, 1.82) is 0 Å². The minimum atomic E-state index is -5.63. The van der Waals surface area contributed by atoms with E-state index in [0.29, 0.717) is 19.1 Å². The first kappa shape index (κ1) is 39.3. The summed E-state index contributed by atoms with van der Waals surface area (Å²) in [7, 11) is -2.10. The van der Waals surface area contributed by atoms with Gasteiger partial charge in [0.15, 0.2) is 14.0 Å². The van der Waals surface area contributed by atoms with E-state index in [2.05, 4.69) is 51.9 Å². The number of carbonyl (C=O) groups is 1. The van der Waals surface area contributed by atoms with E-state index in [9.17, 15) is 36.2 Å². The molecule has 0 fully saturated rings. The Labute approximate surface area is 281 Å². The highest BCUT2D eigenvalue weighted by molar-refractivity contribution is 9.10. The Hall–Kier alpha value is -3.09. The molecule has 2 aromatic heterocycles. The minimum Gasteiger partial charge on any atom is -0.444 e. The van der Waals surface area contributed by atoms with Gasteiger partial charge in [-0.2, -0.15) is 26.3 Å². The zero-order valence-corrected chi connectivity index (χ0v) is 30.0. The Bertz CT molecular complexity index is 1640. The summed E-state index contributed by atoms with van der Waals surface area (Å²) in [5.41, 5.74) is -9.09. The van der Waals surface area contributed by atoms with Crippen molar-refractivity contribution < 1.29 is 54.2 Å². The maximum Gasteiger partial charge on any atom is 0.430 e. The van der Waals surface area contributed by atoms with E-state index in [0.717, 1.165) is 12.1 Å². The van der Waals surface area contributed by atoms with Crippen molar-refractivity contribution in [3.8, 4) is 11.6 Å². The predicted molar refractivity (Wildman–Crippen MR) is 167 cm³/mol. The molecule has 3 aromatic rings. The number of ether oxygens (including phenoxy) is 1. The van der Waals surface area contributed by atoms with Gasteiger partial charge in [0.1, 0.15) is 16.0 Å². The number of alkyl halides is 6. The van der Waals surface area contributed by atoms with Gasteiger partial charge in [-0.05, 0) is 91.4 Å². The first-order valence-electron chi connectivity index (χ1n) is 14.5. The van der Waals surface area contributed by atoms with E-state index >= 15 is 4.39 Å². The van der Waals surface area contributed by atoms with Crippen molar-refractivity contribution in [2.45, 2.75) is 96.1 Å². The van der Waals surface area contributed by atoms with Gasteiger partial charge >= 0.3 is 18.4 Å². The molecular weight excluding hydrogens is 737 g/mol. The summed E-state index contributed by atoms with van der Waals surface area (Å²) in [5.74, 6) is -3.94. The number of benzene rings is 1. The molecular formula is C30H36BrF7N4O5Si. The summed E-state index contributed by atoms with van der Waals surface area (Å²) in [6, 6.07) is 3.26. The molecule has 0 saturated carbocycles. The summed E-state index contributed by atoms with van der Waals surface area (Å²) >= 11 is 2.66. The molecule has 1 unspecified atom stereocenters. The molecule has 2 N–H and O–H groups in total. The third-order valence-corrected chi connectivity index (χ3v) is 12.7. The van der Waals surface area contributed by atoms with Crippen LogP contribution in [0.4, 0.5) is 41.2 Å². The van der Waals surface area contributed by atoms with Gasteiger partial charge in [-0.15, -0.1) is 10.2 Å². The summed E-state index contributed by atoms with van der Waals surface area (Å²) in [5, 5.41) is 19.9. The zero-order valence-electron chi connectivity index (χ0n) is 27.4. The summed E-state index contributed by atoms with van der Waals surface area (Å²) in [6.07, 6.45) is -11.3. The topological polar surface area (TPSA) is 120 Å². The van der Waals surface area contributed by atoms with Gasteiger partial charge in [-0.25, -0.2) is 14.2 Å². The molecule has 18 heteroatoms. The first-order valence-corrected chi connectivity index (χ1v) is 18.2. The average molecular weight is 774 g/mol. The van der Waals surface area contributed by atoms with Crippen LogP contribution in [-0.2, 0) is 27.4 Å². The van der Waals surface area contributed by atoms with E-state index in [1.807, 2.05) is 18.4 Å². The summed E-state index contributed by atoms with van der Waals surface area (Å²) < 4.78 is 115. The van der Waals surface area contributed by atoms with Crippen LogP contribution in [0.15, 0.2) is 33.3 Å². The summed E-state index contributed by atoms with van der Waals surface area (Å²) in [6.45, 7) is 15.0. The number of pyridine rings is 1. The molecule has 0 aliphatic heterocycles. The molecule has 1 atom stereocenters. The standard InChI is InChI=1S/C30H36BrF7N4O5Si/c1-26(2,3)47-25(43)39-20-15-18(29(33,34)35)22(31)40-21(20)23-41-42-24(46-23)28(44,30(36,37)38)17-14-16(11-12-19(17)32)10-9-13-45-48(7,8)27(4,5)6/h11-12,14-15,44H,9-10,13H2,1-8H3,(H,39,43). The maximum atomic E-state index is 15.1. The van der Waals surface area contributed by atoms with Crippen molar-refractivity contribution in [2.24, 2.45) is 0 Å². The largest absolute Gasteiger partial charge is 0.444 e. The minimum absolute atomic E-state index is 0.0687. The van der Waals surface area contributed by atoms with Gasteiger partial charge in [0, 0.05) is 12.2 Å². The smallest absolute Gasteiger partial charge is 0.430 e. The molecule has 2 heterocycles. The van der Waals surface area contributed by atoms with Crippen LogP contribution in [0.25, 0.3) is 11.6 Å². The van der Waals surface area contributed by atoms with Crippen LogP contribution in [-0.4, -0.2) is 53.1 Å². The van der Waals surface area contributed by atoms with E-state index < -0.39 is 82.7 Å². The monoisotopic (exact) mass is 772 g/mol. The predicted octanol–water partition coefficient (Wildman–Crippen LogP) is 9.15. The fraction of sp³-hybridized carbons (Fsp3) is 0.533. The van der Waals surface area contributed by atoms with Crippen molar-refractivity contribution in [2.75, 3.05) is 11.9 Å². The number of aromatic nitrogens is 3. The number of carbonyl (C=O) groups excluding carboxylic acids is 1. The lowest BCUT2D eigenvalue weighted by Gasteiger charge is -2.36. The number of hydrogen-bond donors (Lipinski definition) is 2. The van der Waals surface area contributed by atoms with Crippen LogP contribution in [0.1, 0.15) is 70.5 Å². The molecule has 9 nitrogen and oxygen atoms in total. The second-order valence-electron chi connectivity index (χ2n) is 13.5. The van der Waals surface area contributed by atoms with Gasteiger partial charge in [0.05, 0.1) is 11.3 Å². The molecule has 48 heavy (non-hydrogen) atoms. The van der Waals surface area contributed by atoms with Gasteiger partial charge in [-0.3, -0.25) is 5.32 Å². The molecule has 0 bridgehead atoms. The number of halogens is 8. The Morgan fingerprint density at radius 3 is 2.17 bits per heavy atom. The number of hydrogen-bond acceptors (Lipinski definition) is 8. The molecule has 1 aromatic carbocycles. The lowest BCUT2D eigenvalue weighted by atomic mass is 9.90. The number of nitrogens with zero attached hydrogens (tertiary/aromatic N) is 3. The number of amides is 1. The highest BCUT2D eigenvalue weighted by Gasteiger charge is 2.61. The first-order chi connectivity index (χ1) is 21.7. The molecule has 0 spiro atoms. The normalized spacial score (nSPS) is 14.5. The van der Waals surface area contributed by atoms with E-state index in [1.165, 1.54) is 26.8 Å². The lowest BCUT2D eigenvalue weighted by Crippen LogP contribution is -2.44. The van der Waals surface area contributed by atoms with Crippen LogP contribution in [0.5, 0.6) is 0 Å². The van der Waals surface area contributed by atoms with E-state index in [1.54, 1.807) is 0 Å². The third-order valence-electron chi connectivity index (χ3n) is 7.56. The molecule has 0 saturated heterocycles. The van der Waals surface area contributed by atoms with Crippen LogP contribution >= 0.6 is 15.9 Å². The van der Waals surface area contributed by atoms with Crippen LogP contribution in [0, 0.1) is 5.82 Å². The van der Waals surface area contributed by atoms with Gasteiger partial charge in [0.25, 0.3) is 17.4 Å². The lowest BCUT2D eigenvalue weighted by molar-refractivity contribution is -0.256. The quantitative estimate of drug-likeness (QED) is 0.0957. The average Bonchev–Trinajstić information content (AvgIpc) is 3.40. The number of nitrogens with one attached hydrogen (secondary N) is 1. The molecule has 1 amide bonds. The zero-order chi connectivity index (χ0) is 36.7. The Morgan fingerprint density at radius 2 is 1.62 bits per heavy atom. The van der Waals surface area contributed by atoms with Gasteiger partial charge in [-0.1, -0.05) is 26.8 Å². The second kappa shape index (κ2) is 13.7. The van der Waals surface area contributed by atoms with Crippen LogP contribution < -0.4 is 5.32 Å². The molecule has 3 rings (SSSR count). The van der Waals surface area contributed by atoms with E-state index in [4.69, 9.17) is 13.6 Å². The molecule has 266 valence electrons. The van der Waals surface area contributed by atoms with Crippen molar-refractivity contribution >= 4 is 36.0 Å². The second-order valence-corrected chi connectivity index (χ2v) is 19.1. The number of anilines is 1. The van der Waals surface area contributed by atoms with Crippen molar-refractivity contribution in [1.82, 2.24) is 15.2 Å². The SMILES string of the molecule is CC(C)(C)OC(=O)Nc1cc(C(F)(F)F)c(Br)nc1-c1nnc(C(O)(c2cc(CCCO[Si](C)(C)C(C)(C)C)ccc2F)C(F)(F)F)o1. The van der Waals surface area contributed by atoms with Gasteiger partial charge < -0.3 is 18.7 Å². The highest BCUT2D eigenvalue weighted by Crippen LogP contribution is 2.46. The Morgan fingerprint density at radius 1 is 1.00 bits per heavy atom. The third kappa shape index (κ3) is 8.92. The van der Waals surface area contributed by atoms with Crippen LogP contribution in [0.2, 0.25) is 18.1 Å². The maximum absolute atomic E-state index is 15.1. The number of rotatable bonds is 9. The molecule has 0 radical (unpaired) electrons. The number of aryl methyl sites for hydroxylation is 1. The fourth-order valence-electron chi connectivity index (χ4n) is 4.04.